The second-order valence-corrected chi connectivity index (χ2v) is 10.4. The number of aromatic nitrogens is 1. The maximum atomic E-state index is 13.2. The van der Waals surface area contributed by atoms with Crippen LogP contribution in [-0.2, 0) is 28.3 Å². The lowest BCUT2D eigenvalue weighted by atomic mass is 10.1. The number of carbonyl (C=O) groups excluding carboxylic acids is 1. The smallest absolute Gasteiger partial charge is 0.266 e. The van der Waals surface area contributed by atoms with E-state index in [0.717, 1.165) is 16.6 Å². The zero-order chi connectivity index (χ0) is 22.2. The van der Waals surface area contributed by atoms with Crippen LogP contribution in [0.1, 0.15) is 25.3 Å². The van der Waals surface area contributed by atoms with Gasteiger partial charge in [0.25, 0.3) is 5.91 Å². The highest BCUT2D eigenvalue weighted by atomic mass is 32.2. The summed E-state index contributed by atoms with van der Waals surface area (Å²) in [5.74, 6) is 0.154. The average Bonchev–Trinajstić information content (AvgIpc) is 3.40. The van der Waals surface area contributed by atoms with Crippen molar-refractivity contribution in [2.24, 2.45) is 12.0 Å². The van der Waals surface area contributed by atoms with Crippen molar-refractivity contribution in [3.05, 3.63) is 52.8 Å². The summed E-state index contributed by atoms with van der Waals surface area (Å²) in [6.07, 6.45) is 1.97. The van der Waals surface area contributed by atoms with Gasteiger partial charge in [0.15, 0.2) is 4.80 Å². The molecular weight excluding hydrogens is 434 g/mol. The Kier molecular flexibility index (Phi) is 6.00. The Morgan fingerprint density at radius 1 is 1.23 bits per heavy atom. The lowest BCUT2D eigenvalue weighted by Crippen LogP contribution is -2.40. The first kappa shape index (κ1) is 21.7. The number of hydrogen-bond acceptors (Lipinski definition) is 5. The molecule has 1 aliphatic heterocycles. The van der Waals surface area contributed by atoms with E-state index in [4.69, 9.17) is 4.74 Å². The number of benzene rings is 2. The van der Waals surface area contributed by atoms with Crippen LogP contribution in [0.2, 0.25) is 0 Å². The second-order valence-electron chi connectivity index (χ2n) is 7.46. The largest absolute Gasteiger partial charge is 0.497 e. The average molecular weight is 460 g/mol. The number of rotatable bonds is 5. The Bertz CT molecular complexity index is 1290. The van der Waals surface area contributed by atoms with Gasteiger partial charge in [-0.3, -0.25) is 4.79 Å². The highest BCUT2D eigenvalue weighted by Gasteiger charge is 2.39. The first-order valence-corrected chi connectivity index (χ1v) is 12.4. The zero-order valence-corrected chi connectivity index (χ0v) is 19.4. The first-order chi connectivity index (χ1) is 14.9. The predicted molar refractivity (Wildman–Crippen MR) is 121 cm³/mol. The van der Waals surface area contributed by atoms with Crippen LogP contribution < -0.4 is 9.54 Å². The van der Waals surface area contributed by atoms with E-state index in [0.29, 0.717) is 29.9 Å². The number of nitrogens with zero attached hydrogens (tertiary/aromatic N) is 3. The van der Waals surface area contributed by atoms with Crippen molar-refractivity contribution in [1.82, 2.24) is 8.87 Å². The van der Waals surface area contributed by atoms with Crippen molar-refractivity contribution in [3.8, 4) is 5.75 Å². The van der Waals surface area contributed by atoms with Gasteiger partial charge in [-0.1, -0.05) is 30.4 Å². The number of sulfonamides is 1. The summed E-state index contributed by atoms with van der Waals surface area (Å²) in [6, 6.07) is 11.5. The molecule has 1 aliphatic rings. The van der Waals surface area contributed by atoms with Gasteiger partial charge < -0.3 is 9.30 Å². The maximum absolute atomic E-state index is 13.2. The van der Waals surface area contributed by atoms with Crippen LogP contribution in [0.4, 0.5) is 0 Å². The van der Waals surface area contributed by atoms with Crippen molar-refractivity contribution in [2.45, 2.75) is 37.1 Å². The summed E-state index contributed by atoms with van der Waals surface area (Å²) in [7, 11) is -0.383. The first-order valence-electron chi connectivity index (χ1n) is 10.2. The van der Waals surface area contributed by atoms with Gasteiger partial charge >= 0.3 is 0 Å². The minimum Gasteiger partial charge on any atom is -0.497 e. The molecule has 164 valence electrons. The van der Waals surface area contributed by atoms with Crippen molar-refractivity contribution < 1.29 is 17.9 Å². The van der Waals surface area contributed by atoms with Gasteiger partial charge in [-0.15, -0.1) is 0 Å². The standard InChI is InChI=1S/C22H25N3O4S2/c1-4-15-7-5-9-19-20(15)24(2)22(30-19)23-21(26)18-8-6-14-25(18)31(27,28)17-12-10-16(29-3)11-13-17/h5,7,9-13,18H,4,6,8,14H2,1-3H3. The monoisotopic (exact) mass is 459 g/mol. The fourth-order valence-electron chi connectivity index (χ4n) is 4.00. The molecule has 1 amide bonds. The molecule has 1 aromatic heterocycles. The lowest BCUT2D eigenvalue weighted by Gasteiger charge is -2.21. The molecule has 1 unspecified atom stereocenters. The van der Waals surface area contributed by atoms with E-state index in [2.05, 4.69) is 18.0 Å². The van der Waals surface area contributed by atoms with Gasteiger partial charge in [0.1, 0.15) is 11.8 Å². The van der Waals surface area contributed by atoms with Crippen molar-refractivity contribution >= 4 is 37.5 Å². The summed E-state index contributed by atoms with van der Waals surface area (Å²) in [6.45, 7) is 2.40. The molecule has 0 spiro atoms. The van der Waals surface area contributed by atoms with Gasteiger partial charge in [0, 0.05) is 13.6 Å². The fourth-order valence-corrected chi connectivity index (χ4v) is 6.73. The van der Waals surface area contributed by atoms with Crippen LogP contribution in [0, 0.1) is 0 Å². The van der Waals surface area contributed by atoms with Crippen LogP contribution in [0.25, 0.3) is 10.2 Å². The number of amides is 1. The molecule has 0 radical (unpaired) electrons. The number of aryl methyl sites for hydroxylation is 2. The number of hydrogen-bond donors (Lipinski definition) is 0. The number of thiazole rings is 1. The van der Waals surface area contributed by atoms with Gasteiger partial charge in [-0.25, -0.2) is 8.42 Å². The summed E-state index contributed by atoms with van der Waals surface area (Å²) in [4.78, 5) is 18.2. The highest BCUT2D eigenvalue weighted by Crippen LogP contribution is 2.28. The van der Waals surface area contributed by atoms with E-state index >= 15 is 0 Å². The molecule has 1 fully saturated rings. The molecule has 7 nitrogen and oxygen atoms in total. The molecule has 0 N–H and O–H groups in total. The molecule has 4 rings (SSSR count). The molecule has 2 aromatic carbocycles. The Morgan fingerprint density at radius 2 is 1.97 bits per heavy atom. The zero-order valence-electron chi connectivity index (χ0n) is 17.7. The molecule has 1 atom stereocenters. The van der Waals surface area contributed by atoms with Gasteiger partial charge in [0.2, 0.25) is 10.0 Å². The molecular formula is C22H25N3O4S2. The lowest BCUT2D eigenvalue weighted by molar-refractivity contribution is -0.121. The summed E-state index contributed by atoms with van der Waals surface area (Å²) < 4.78 is 35.7. The molecule has 0 saturated carbocycles. The minimum absolute atomic E-state index is 0.146. The number of fused-ring (bicyclic) bond motifs is 1. The molecule has 9 heteroatoms. The van der Waals surface area contributed by atoms with E-state index in [-0.39, 0.29) is 4.90 Å². The Hall–Kier alpha value is -2.49. The molecule has 3 aromatic rings. The molecule has 31 heavy (non-hydrogen) atoms. The molecule has 1 saturated heterocycles. The summed E-state index contributed by atoms with van der Waals surface area (Å²) in [5.41, 5.74) is 2.26. The fraction of sp³-hybridized carbons (Fsp3) is 0.364. The van der Waals surface area contributed by atoms with Crippen LogP contribution >= 0.6 is 11.3 Å². The Morgan fingerprint density at radius 3 is 2.65 bits per heavy atom. The number of methoxy groups -OCH3 is 1. The van der Waals surface area contributed by atoms with Gasteiger partial charge in [0.05, 0.1) is 22.2 Å². The van der Waals surface area contributed by atoms with E-state index in [1.807, 2.05) is 23.7 Å². The van der Waals surface area contributed by atoms with Crippen LogP contribution in [0.5, 0.6) is 5.75 Å². The topological polar surface area (TPSA) is 81.0 Å². The number of para-hydroxylation sites is 1. The Balaban J connectivity index is 1.68. The molecule has 0 aliphatic carbocycles. The van der Waals surface area contributed by atoms with E-state index in [1.165, 1.54) is 40.4 Å². The van der Waals surface area contributed by atoms with Crippen LogP contribution in [0.3, 0.4) is 0 Å². The quantitative estimate of drug-likeness (QED) is 0.587. The third kappa shape index (κ3) is 3.93. The SMILES string of the molecule is CCc1cccc2sc(=NC(=O)C3CCCN3S(=O)(=O)c3ccc(OC)cc3)n(C)c12. The highest BCUT2D eigenvalue weighted by molar-refractivity contribution is 7.89. The summed E-state index contributed by atoms with van der Waals surface area (Å²) >= 11 is 1.44. The second kappa shape index (κ2) is 8.57. The summed E-state index contributed by atoms with van der Waals surface area (Å²) in [5, 5.41) is 0. The minimum atomic E-state index is -3.80. The third-order valence-corrected chi connectivity index (χ3v) is 8.67. The van der Waals surface area contributed by atoms with Crippen molar-refractivity contribution in [2.75, 3.05) is 13.7 Å². The van der Waals surface area contributed by atoms with E-state index in [1.54, 1.807) is 12.1 Å². The maximum Gasteiger partial charge on any atom is 0.266 e. The number of ether oxygens (including phenoxy) is 1. The Labute approximate surface area is 185 Å². The predicted octanol–water partition coefficient (Wildman–Crippen LogP) is 3.09. The number of carbonyl (C=O) groups is 1. The van der Waals surface area contributed by atoms with E-state index < -0.39 is 22.0 Å². The van der Waals surface area contributed by atoms with E-state index in [9.17, 15) is 13.2 Å². The normalized spacial score (nSPS) is 18.0. The van der Waals surface area contributed by atoms with Crippen molar-refractivity contribution in [3.63, 3.8) is 0 Å². The molecule has 0 bridgehead atoms. The van der Waals surface area contributed by atoms with Crippen LogP contribution in [0.15, 0.2) is 52.4 Å². The van der Waals surface area contributed by atoms with Crippen molar-refractivity contribution in [1.29, 1.82) is 0 Å². The van der Waals surface area contributed by atoms with Gasteiger partial charge in [-0.05, 0) is 55.2 Å². The van der Waals surface area contributed by atoms with Gasteiger partial charge in [-0.2, -0.15) is 9.30 Å². The van der Waals surface area contributed by atoms with Crippen LogP contribution in [-0.4, -0.2) is 42.9 Å². The third-order valence-electron chi connectivity index (χ3n) is 5.65. The molecule has 2 heterocycles.